The molecule has 0 saturated heterocycles. The molecular formula is C13H21NO4. The van der Waals surface area contributed by atoms with Gasteiger partial charge in [0, 0.05) is 6.42 Å². The average molecular weight is 255 g/mol. The Morgan fingerprint density at radius 1 is 1.44 bits per heavy atom. The van der Waals surface area contributed by atoms with Crippen LogP contribution >= 0.6 is 0 Å². The van der Waals surface area contributed by atoms with Gasteiger partial charge in [0.25, 0.3) is 0 Å². The van der Waals surface area contributed by atoms with E-state index < -0.39 is 23.7 Å². The van der Waals surface area contributed by atoms with Gasteiger partial charge in [0.05, 0.1) is 0 Å². The fourth-order valence-electron chi connectivity index (χ4n) is 1.20. The van der Waals surface area contributed by atoms with Crippen molar-refractivity contribution >= 4 is 12.1 Å². The van der Waals surface area contributed by atoms with E-state index in [9.17, 15) is 9.59 Å². The highest BCUT2D eigenvalue weighted by Gasteiger charge is 2.24. The Balaban J connectivity index is 4.60. The maximum atomic E-state index is 11.5. The second kappa shape index (κ2) is 6.83. The second-order valence-electron chi connectivity index (χ2n) is 4.81. The number of amides is 1. The molecule has 0 aliphatic heterocycles. The molecule has 0 aromatic heterocycles. The summed E-state index contributed by atoms with van der Waals surface area (Å²) in [5.74, 6) is -1.11. The number of rotatable bonds is 5. The average Bonchev–Trinajstić information content (AvgIpc) is 2.21. The molecule has 0 aliphatic carbocycles. The van der Waals surface area contributed by atoms with Crippen LogP contribution < -0.4 is 5.32 Å². The van der Waals surface area contributed by atoms with E-state index in [2.05, 4.69) is 11.9 Å². The molecular weight excluding hydrogens is 234 g/mol. The lowest BCUT2D eigenvalue weighted by Crippen LogP contribution is -2.43. The number of ether oxygens (including phenoxy) is 1. The maximum absolute atomic E-state index is 11.5. The van der Waals surface area contributed by atoms with E-state index in [1.807, 2.05) is 0 Å². The lowest BCUT2D eigenvalue weighted by atomic mass is 10.1. The van der Waals surface area contributed by atoms with Crippen LogP contribution in [0.15, 0.2) is 24.3 Å². The number of hydrogen-bond donors (Lipinski definition) is 2. The van der Waals surface area contributed by atoms with Crippen molar-refractivity contribution < 1.29 is 19.4 Å². The molecule has 0 saturated carbocycles. The van der Waals surface area contributed by atoms with Crippen LogP contribution in [-0.2, 0) is 9.53 Å². The number of nitrogens with one attached hydrogen (secondary N) is 1. The molecule has 1 amide bonds. The Kier molecular flexibility index (Phi) is 6.16. The van der Waals surface area contributed by atoms with Crippen molar-refractivity contribution in [3.63, 3.8) is 0 Å². The van der Waals surface area contributed by atoms with Crippen LogP contribution in [-0.4, -0.2) is 28.8 Å². The molecule has 0 aromatic rings. The highest BCUT2D eigenvalue weighted by molar-refractivity contribution is 5.80. The van der Waals surface area contributed by atoms with Gasteiger partial charge in [-0.3, -0.25) is 0 Å². The van der Waals surface area contributed by atoms with Gasteiger partial charge in [0.1, 0.15) is 11.6 Å². The molecule has 0 bridgehead atoms. The highest BCUT2D eigenvalue weighted by Crippen LogP contribution is 2.10. The summed E-state index contributed by atoms with van der Waals surface area (Å²) in [5, 5.41) is 11.4. The van der Waals surface area contributed by atoms with Crippen LogP contribution in [0.2, 0.25) is 0 Å². The van der Waals surface area contributed by atoms with Crippen LogP contribution in [0.4, 0.5) is 4.79 Å². The molecule has 5 heteroatoms. The number of carbonyl (C=O) groups is 2. The molecule has 1 atom stereocenters. The fourth-order valence-corrected chi connectivity index (χ4v) is 1.20. The minimum atomic E-state index is -1.11. The minimum Gasteiger partial charge on any atom is -0.480 e. The standard InChI is InChI=1S/C13H21NO4/c1-6-9(7-2)8-10(11(15)16)14-12(17)18-13(3,4)5/h6-7,10H,1,8H2,2-5H3,(H,14,17)(H,15,16)/b9-7+/t10-/m0/s1. The number of alkyl carbamates (subject to hydrolysis) is 1. The second-order valence-corrected chi connectivity index (χ2v) is 4.81. The summed E-state index contributed by atoms with van der Waals surface area (Å²) in [7, 11) is 0. The molecule has 0 aliphatic rings. The van der Waals surface area contributed by atoms with Gasteiger partial charge in [0.2, 0.25) is 0 Å². The summed E-state index contributed by atoms with van der Waals surface area (Å²) in [6.07, 6.45) is 2.75. The third-order valence-corrected chi connectivity index (χ3v) is 2.06. The van der Waals surface area contributed by atoms with Crippen molar-refractivity contribution in [2.75, 3.05) is 0 Å². The molecule has 0 unspecified atom stereocenters. The lowest BCUT2D eigenvalue weighted by Gasteiger charge is -2.22. The van der Waals surface area contributed by atoms with Crippen molar-refractivity contribution in [1.29, 1.82) is 0 Å². The quantitative estimate of drug-likeness (QED) is 0.740. The number of carboxylic acids is 1. The monoisotopic (exact) mass is 255 g/mol. The number of allylic oxidation sites excluding steroid dienone is 2. The summed E-state index contributed by atoms with van der Waals surface area (Å²) < 4.78 is 5.01. The first-order chi connectivity index (χ1) is 8.19. The molecule has 0 fully saturated rings. The molecule has 0 radical (unpaired) electrons. The van der Waals surface area contributed by atoms with Crippen molar-refractivity contribution in [2.24, 2.45) is 0 Å². The van der Waals surface area contributed by atoms with Crippen LogP contribution in [0, 0.1) is 0 Å². The van der Waals surface area contributed by atoms with Crippen molar-refractivity contribution in [3.05, 3.63) is 24.3 Å². The maximum Gasteiger partial charge on any atom is 0.408 e. The lowest BCUT2D eigenvalue weighted by molar-refractivity contribution is -0.139. The Hall–Kier alpha value is -1.78. The summed E-state index contributed by atoms with van der Waals surface area (Å²) in [5.41, 5.74) is 0.0908. The van der Waals surface area contributed by atoms with Gasteiger partial charge in [-0.25, -0.2) is 9.59 Å². The van der Waals surface area contributed by atoms with Crippen molar-refractivity contribution in [3.8, 4) is 0 Å². The number of hydrogen-bond acceptors (Lipinski definition) is 3. The Morgan fingerprint density at radius 3 is 2.33 bits per heavy atom. The summed E-state index contributed by atoms with van der Waals surface area (Å²) in [6.45, 7) is 10.5. The molecule has 5 nitrogen and oxygen atoms in total. The molecule has 0 heterocycles. The molecule has 0 spiro atoms. The van der Waals surface area contributed by atoms with Gasteiger partial charge in [-0.05, 0) is 27.7 Å². The zero-order valence-corrected chi connectivity index (χ0v) is 11.3. The third kappa shape index (κ3) is 6.73. The zero-order valence-electron chi connectivity index (χ0n) is 11.3. The van der Waals surface area contributed by atoms with E-state index in [0.717, 1.165) is 5.57 Å². The van der Waals surface area contributed by atoms with Gasteiger partial charge in [-0.1, -0.05) is 24.3 Å². The number of carboxylic acid groups (broad SMARTS) is 1. The van der Waals surface area contributed by atoms with Crippen LogP contribution in [0.3, 0.4) is 0 Å². The van der Waals surface area contributed by atoms with E-state index in [0.29, 0.717) is 0 Å². The van der Waals surface area contributed by atoms with Crippen LogP contribution in [0.1, 0.15) is 34.1 Å². The molecule has 102 valence electrons. The Labute approximate surface area is 108 Å². The Morgan fingerprint density at radius 2 is 2.00 bits per heavy atom. The van der Waals surface area contributed by atoms with Gasteiger partial charge >= 0.3 is 12.1 Å². The Bertz CT molecular complexity index is 352. The zero-order chi connectivity index (χ0) is 14.3. The fraction of sp³-hybridized carbons (Fsp3) is 0.538. The largest absolute Gasteiger partial charge is 0.480 e. The number of carbonyl (C=O) groups excluding carboxylic acids is 1. The van der Waals surface area contributed by atoms with Gasteiger partial charge in [-0.2, -0.15) is 0 Å². The molecule has 0 rings (SSSR count). The van der Waals surface area contributed by atoms with Gasteiger partial charge < -0.3 is 15.2 Å². The smallest absolute Gasteiger partial charge is 0.408 e. The first kappa shape index (κ1) is 16.2. The van der Waals surface area contributed by atoms with Crippen molar-refractivity contribution in [1.82, 2.24) is 5.32 Å². The van der Waals surface area contributed by atoms with Gasteiger partial charge in [0.15, 0.2) is 0 Å². The molecule has 18 heavy (non-hydrogen) atoms. The minimum absolute atomic E-state index is 0.175. The third-order valence-electron chi connectivity index (χ3n) is 2.06. The van der Waals surface area contributed by atoms with E-state index in [1.165, 1.54) is 0 Å². The predicted octanol–water partition coefficient (Wildman–Crippen LogP) is 2.49. The summed E-state index contributed by atoms with van der Waals surface area (Å²) in [6, 6.07) is -1.02. The normalized spacial score (nSPS) is 13.7. The van der Waals surface area contributed by atoms with Crippen LogP contribution in [0.25, 0.3) is 0 Å². The van der Waals surface area contributed by atoms with Crippen LogP contribution in [0.5, 0.6) is 0 Å². The molecule has 0 aromatic carbocycles. The van der Waals surface area contributed by atoms with Crippen molar-refractivity contribution in [2.45, 2.75) is 45.8 Å². The predicted molar refractivity (Wildman–Crippen MR) is 69.4 cm³/mol. The first-order valence-electron chi connectivity index (χ1n) is 5.69. The topological polar surface area (TPSA) is 75.6 Å². The molecule has 2 N–H and O–H groups in total. The first-order valence-corrected chi connectivity index (χ1v) is 5.69. The highest BCUT2D eigenvalue weighted by atomic mass is 16.6. The van der Waals surface area contributed by atoms with Gasteiger partial charge in [-0.15, -0.1) is 0 Å². The van der Waals surface area contributed by atoms with E-state index in [-0.39, 0.29) is 6.42 Å². The SMILES string of the molecule is C=C/C(=C\C)C[C@H](NC(=O)OC(C)(C)C)C(=O)O. The summed E-state index contributed by atoms with van der Waals surface area (Å²) >= 11 is 0. The number of aliphatic carboxylic acids is 1. The van der Waals surface area contributed by atoms with E-state index in [1.54, 1.807) is 39.8 Å². The summed E-state index contributed by atoms with van der Waals surface area (Å²) in [4.78, 5) is 22.5. The van der Waals surface area contributed by atoms with E-state index in [4.69, 9.17) is 9.84 Å². The van der Waals surface area contributed by atoms with E-state index >= 15 is 0 Å².